The number of aryl methyl sites for hydroxylation is 1. The van der Waals surface area contributed by atoms with Gasteiger partial charge in [0.1, 0.15) is 14.8 Å². The van der Waals surface area contributed by atoms with E-state index in [0.29, 0.717) is 0 Å². The lowest BCUT2D eigenvalue weighted by Crippen LogP contribution is -2.34. The number of thiazole rings is 1. The second-order valence-corrected chi connectivity index (χ2v) is 7.64. The zero-order valence-corrected chi connectivity index (χ0v) is 11.7. The predicted molar refractivity (Wildman–Crippen MR) is 67.6 cm³/mol. The van der Waals surface area contributed by atoms with Gasteiger partial charge in [-0.2, -0.15) is 0 Å². The number of sulfone groups is 1. The first-order valence-electron chi connectivity index (χ1n) is 5.14. The highest BCUT2D eigenvalue weighted by atomic mass is 32.2. The molecule has 0 fully saturated rings. The molecule has 0 aliphatic carbocycles. The van der Waals surface area contributed by atoms with Gasteiger partial charge in [0.25, 0.3) is 0 Å². The van der Waals surface area contributed by atoms with Crippen LogP contribution in [0.5, 0.6) is 0 Å². The van der Waals surface area contributed by atoms with Gasteiger partial charge in [-0.05, 0) is 20.8 Å². The van der Waals surface area contributed by atoms with Crippen molar-refractivity contribution in [1.29, 1.82) is 0 Å². The van der Waals surface area contributed by atoms with Gasteiger partial charge in [0.05, 0.1) is 11.8 Å². The van der Waals surface area contributed by atoms with Gasteiger partial charge in [0, 0.05) is 23.4 Å². The van der Waals surface area contributed by atoms with Crippen molar-refractivity contribution in [2.24, 2.45) is 0 Å². The lowest BCUT2D eigenvalue weighted by molar-refractivity contribution is 0.499. The van der Waals surface area contributed by atoms with Crippen LogP contribution in [0.25, 0.3) is 0 Å². The highest BCUT2D eigenvalue weighted by Crippen LogP contribution is 2.19. The number of rotatable bonds is 5. The summed E-state index contributed by atoms with van der Waals surface area (Å²) in [6.45, 7) is 5.88. The van der Waals surface area contributed by atoms with E-state index in [2.05, 4.69) is 10.3 Å². The average Bonchev–Trinajstić information content (AvgIpc) is 2.47. The summed E-state index contributed by atoms with van der Waals surface area (Å²) < 4.78 is 22.2. The molecule has 0 aliphatic heterocycles. The molecule has 0 saturated heterocycles. The van der Waals surface area contributed by atoms with Crippen LogP contribution in [0.4, 0.5) is 0 Å². The van der Waals surface area contributed by atoms with E-state index in [1.165, 1.54) is 11.1 Å². The van der Waals surface area contributed by atoms with Gasteiger partial charge in [0.2, 0.25) is 0 Å². The number of nitrogens with zero attached hydrogens (tertiary/aromatic N) is 1. The Morgan fingerprint density at radius 1 is 1.50 bits per heavy atom. The van der Waals surface area contributed by atoms with Gasteiger partial charge in [-0.15, -0.1) is 11.3 Å². The minimum Gasteiger partial charge on any atom is -0.305 e. The molecule has 0 saturated carbocycles. The minimum absolute atomic E-state index is 0.0609. The molecule has 0 amide bonds. The zero-order valence-electron chi connectivity index (χ0n) is 10.0. The summed E-state index contributed by atoms with van der Waals surface area (Å²) in [7, 11) is -2.93. The van der Waals surface area contributed by atoms with Crippen molar-refractivity contribution >= 4 is 21.2 Å². The number of hydrogen-bond donors (Lipinski definition) is 1. The Morgan fingerprint density at radius 2 is 2.12 bits per heavy atom. The maximum absolute atomic E-state index is 11.1. The molecule has 0 aliphatic rings. The number of nitrogens with one attached hydrogen (secondary N) is 1. The van der Waals surface area contributed by atoms with E-state index in [-0.39, 0.29) is 17.8 Å². The summed E-state index contributed by atoms with van der Waals surface area (Å²) >= 11 is 1.63. The molecule has 1 rings (SSSR count). The summed E-state index contributed by atoms with van der Waals surface area (Å²) in [5.41, 5.74) is 0. The molecule has 16 heavy (non-hydrogen) atoms. The SMILES string of the molecule is Cc1cnc(C(C)NC(C)CS(C)(=O)=O)s1. The first kappa shape index (κ1) is 13.6. The molecule has 92 valence electrons. The van der Waals surface area contributed by atoms with Gasteiger partial charge in [-0.3, -0.25) is 0 Å². The van der Waals surface area contributed by atoms with E-state index >= 15 is 0 Å². The monoisotopic (exact) mass is 262 g/mol. The van der Waals surface area contributed by atoms with Crippen LogP contribution in [0, 0.1) is 6.92 Å². The molecular formula is C10H18N2O2S2. The van der Waals surface area contributed by atoms with Crippen molar-refractivity contribution in [2.45, 2.75) is 32.9 Å². The van der Waals surface area contributed by atoms with Crippen LogP contribution in [0.1, 0.15) is 29.8 Å². The molecule has 0 spiro atoms. The van der Waals surface area contributed by atoms with Crippen molar-refractivity contribution in [1.82, 2.24) is 10.3 Å². The topological polar surface area (TPSA) is 59.1 Å². The molecule has 1 heterocycles. The Bertz CT molecular complexity index is 439. The Hall–Kier alpha value is -0.460. The summed E-state index contributed by atoms with van der Waals surface area (Å²) in [5, 5.41) is 4.23. The molecule has 1 aromatic heterocycles. The molecule has 0 aromatic carbocycles. The van der Waals surface area contributed by atoms with Crippen LogP contribution in [-0.4, -0.2) is 31.5 Å². The van der Waals surface area contributed by atoms with Crippen LogP contribution in [-0.2, 0) is 9.84 Å². The van der Waals surface area contributed by atoms with Crippen LogP contribution >= 0.6 is 11.3 Å². The molecule has 2 unspecified atom stereocenters. The highest BCUT2D eigenvalue weighted by molar-refractivity contribution is 7.90. The fourth-order valence-corrected chi connectivity index (χ4v) is 3.36. The van der Waals surface area contributed by atoms with Crippen LogP contribution < -0.4 is 5.32 Å². The molecule has 0 bridgehead atoms. The van der Waals surface area contributed by atoms with Crippen LogP contribution in [0.15, 0.2) is 6.20 Å². The molecular weight excluding hydrogens is 244 g/mol. The summed E-state index contributed by atoms with van der Waals surface area (Å²) in [5.74, 6) is 0.154. The molecule has 2 atom stereocenters. The molecule has 4 nitrogen and oxygen atoms in total. The lowest BCUT2D eigenvalue weighted by Gasteiger charge is -2.17. The van der Waals surface area contributed by atoms with Crippen molar-refractivity contribution in [3.63, 3.8) is 0 Å². The second-order valence-electron chi connectivity index (χ2n) is 4.19. The first-order chi connectivity index (χ1) is 7.28. The standard InChI is InChI=1S/C10H18N2O2S2/c1-7(6-16(4,13)14)12-9(3)10-11-5-8(2)15-10/h5,7,9,12H,6H2,1-4H3. The zero-order chi connectivity index (χ0) is 12.3. The normalized spacial score (nSPS) is 16.0. The second kappa shape index (κ2) is 5.25. The van der Waals surface area contributed by atoms with E-state index in [4.69, 9.17) is 0 Å². The summed E-state index contributed by atoms with van der Waals surface area (Å²) in [4.78, 5) is 5.44. The Kier molecular flexibility index (Phi) is 4.46. The number of aromatic nitrogens is 1. The van der Waals surface area contributed by atoms with Crippen molar-refractivity contribution in [3.8, 4) is 0 Å². The van der Waals surface area contributed by atoms with Crippen LogP contribution in [0.3, 0.4) is 0 Å². The summed E-state index contributed by atoms with van der Waals surface area (Å²) in [6.07, 6.45) is 3.09. The lowest BCUT2D eigenvalue weighted by atomic mass is 10.3. The highest BCUT2D eigenvalue weighted by Gasteiger charge is 2.15. The third kappa shape index (κ3) is 4.59. The van der Waals surface area contributed by atoms with Crippen molar-refractivity contribution in [2.75, 3.05) is 12.0 Å². The molecule has 6 heteroatoms. The van der Waals surface area contributed by atoms with Gasteiger partial charge in [-0.25, -0.2) is 13.4 Å². The van der Waals surface area contributed by atoms with E-state index in [1.54, 1.807) is 11.3 Å². The van der Waals surface area contributed by atoms with Gasteiger partial charge in [0.15, 0.2) is 0 Å². The Balaban J connectivity index is 2.55. The largest absolute Gasteiger partial charge is 0.305 e. The van der Waals surface area contributed by atoms with E-state index in [9.17, 15) is 8.42 Å². The van der Waals surface area contributed by atoms with Gasteiger partial charge in [-0.1, -0.05) is 0 Å². The Labute approximate surface area is 101 Å². The smallest absolute Gasteiger partial charge is 0.148 e. The first-order valence-corrected chi connectivity index (χ1v) is 8.01. The Morgan fingerprint density at radius 3 is 2.56 bits per heavy atom. The van der Waals surface area contributed by atoms with E-state index < -0.39 is 9.84 Å². The van der Waals surface area contributed by atoms with Gasteiger partial charge >= 0.3 is 0 Å². The third-order valence-electron chi connectivity index (χ3n) is 2.10. The quantitative estimate of drug-likeness (QED) is 0.874. The fourth-order valence-electron chi connectivity index (χ4n) is 1.57. The minimum atomic E-state index is -2.93. The molecule has 1 N–H and O–H groups in total. The maximum Gasteiger partial charge on any atom is 0.148 e. The van der Waals surface area contributed by atoms with Crippen LogP contribution in [0.2, 0.25) is 0 Å². The van der Waals surface area contributed by atoms with Crippen molar-refractivity contribution < 1.29 is 8.42 Å². The molecule has 0 radical (unpaired) electrons. The number of hydrogen-bond acceptors (Lipinski definition) is 5. The maximum atomic E-state index is 11.1. The van der Waals surface area contributed by atoms with E-state index in [1.807, 2.05) is 27.0 Å². The molecule has 1 aromatic rings. The third-order valence-corrected chi connectivity index (χ3v) is 4.30. The van der Waals surface area contributed by atoms with Gasteiger partial charge < -0.3 is 5.32 Å². The average molecular weight is 262 g/mol. The fraction of sp³-hybridized carbons (Fsp3) is 0.700. The predicted octanol–water partition coefficient (Wildman–Crippen LogP) is 1.54. The summed E-state index contributed by atoms with van der Waals surface area (Å²) in [6, 6.07) is 0.0321. The van der Waals surface area contributed by atoms with Crippen molar-refractivity contribution in [3.05, 3.63) is 16.1 Å². The van der Waals surface area contributed by atoms with E-state index in [0.717, 1.165) is 5.01 Å².